The summed E-state index contributed by atoms with van der Waals surface area (Å²) in [5.74, 6) is 0. The molecule has 1 fully saturated rings. The van der Waals surface area contributed by atoms with Gasteiger partial charge in [-0.2, -0.15) is 4.31 Å². The van der Waals surface area contributed by atoms with Gasteiger partial charge in [-0.25, -0.2) is 8.42 Å². The lowest BCUT2D eigenvalue weighted by Gasteiger charge is -2.27. The summed E-state index contributed by atoms with van der Waals surface area (Å²) in [7, 11) is -3.40. The van der Waals surface area contributed by atoms with Gasteiger partial charge in [0.2, 0.25) is 10.0 Å². The van der Waals surface area contributed by atoms with Crippen molar-refractivity contribution in [3.63, 3.8) is 0 Å². The van der Waals surface area contributed by atoms with Gasteiger partial charge in [0.05, 0.1) is 4.90 Å². The average molecular weight is 296 g/mol. The molecule has 2 N–H and O–H groups in total. The maximum absolute atomic E-state index is 12.9. The summed E-state index contributed by atoms with van der Waals surface area (Å²) in [5.41, 5.74) is 7.35. The van der Waals surface area contributed by atoms with E-state index in [4.69, 9.17) is 5.73 Å². The second-order valence-electron chi connectivity index (χ2n) is 5.45. The molecule has 1 aliphatic rings. The number of hydrogen-bond donors (Lipinski definition) is 1. The zero-order chi connectivity index (χ0) is 14.8. The molecular weight excluding hydrogens is 272 g/mol. The molecule has 0 aliphatic heterocycles. The number of sulfonamides is 1. The molecule has 0 spiro atoms. The van der Waals surface area contributed by atoms with Crippen LogP contribution in [0.4, 0.5) is 0 Å². The summed E-state index contributed by atoms with van der Waals surface area (Å²) < 4.78 is 27.4. The third-order valence-electron chi connectivity index (χ3n) is 4.11. The molecular formula is C15H24N2O2S. The molecule has 0 bridgehead atoms. The summed E-state index contributed by atoms with van der Waals surface area (Å²) >= 11 is 0. The zero-order valence-corrected chi connectivity index (χ0v) is 13.1. The first kappa shape index (κ1) is 15.5. The molecule has 1 saturated carbocycles. The van der Waals surface area contributed by atoms with Crippen LogP contribution in [0.3, 0.4) is 0 Å². The third kappa shape index (κ3) is 2.90. The zero-order valence-electron chi connectivity index (χ0n) is 12.3. The van der Waals surface area contributed by atoms with Gasteiger partial charge in [-0.3, -0.25) is 0 Å². The number of hydrogen-bond acceptors (Lipinski definition) is 3. The Balaban J connectivity index is 2.37. The van der Waals surface area contributed by atoms with E-state index in [0.29, 0.717) is 18.0 Å². The lowest BCUT2D eigenvalue weighted by Crippen LogP contribution is -2.38. The Morgan fingerprint density at radius 3 is 2.45 bits per heavy atom. The van der Waals surface area contributed by atoms with Gasteiger partial charge in [-0.15, -0.1) is 0 Å². The molecule has 5 heteroatoms. The first-order valence-electron chi connectivity index (χ1n) is 7.32. The Kier molecular flexibility index (Phi) is 4.83. The van der Waals surface area contributed by atoms with Crippen LogP contribution in [0.5, 0.6) is 0 Å². The highest BCUT2D eigenvalue weighted by atomic mass is 32.2. The van der Waals surface area contributed by atoms with Crippen molar-refractivity contribution in [2.24, 2.45) is 5.73 Å². The highest BCUT2D eigenvalue weighted by Gasteiger charge is 2.32. The van der Waals surface area contributed by atoms with Crippen LogP contribution < -0.4 is 5.73 Å². The van der Waals surface area contributed by atoms with Crippen LogP contribution in [0.2, 0.25) is 0 Å². The smallest absolute Gasteiger partial charge is 0.243 e. The van der Waals surface area contributed by atoms with Gasteiger partial charge >= 0.3 is 0 Å². The molecule has 4 nitrogen and oxygen atoms in total. The van der Waals surface area contributed by atoms with E-state index in [1.54, 1.807) is 10.4 Å². The van der Waals surface area contributed by atoms with Gasteiger partial charge in [-0.1, -0.05) is 31.9 Å². The summed E-state index contributed by atoms with van der Waals surface area (Å²) in [4.78, 5) is 0.420. The molecule has 0 radical (unpaired) electrons. The van der Waals surface area contributed by atoms with Crippen molar-refractivity contribution in [2.75, 3.05) is 6.54 Å². The van der Waals surface area contributed by atoms with E-state index in [-0.39, 0.29) is 6.04 Å². The standard InChI is InChI=1S/C15H24N2O2S/c1-3-17(14-6-4-5-7-14)20(18,19)15-9-8-13(11-16)10-12(15)2/h8-10,14H,3-7,11,16H2,1-2H3. The topological polar surface area (TPSA) is 63.4 Å². The minimum atomic E-state index is -3.40. The van der Waals surface area contributed by atoms with E-state index in [2.05, 4.69) is 0 Å². The molecule has 0 unspecified atom stereocenters. The quantitative estimate of drug-likeness (QED) is 0.907. The van der Waals surface area contributed by atoms with Crippen molar-refractivity contribution in [2.45, 2.75) is 57.0 Å². The largest absolute Gasteiger partial charge is 0.326 e. The summed E-state index contributed by atoms with van der Waals surface area (Å²) in [6.45, 7) is 4.72. The SMILES string of the molecule is CCN(C1CCCC1)S(=O)(=O)c1ccc(CN)cc1C. The van der Waals surface area contributed by atoms with Gasteiger partial charge < -0.3 is 5.73 Å². The molecule has 2 rings (SSSR count). The van der Waals surface area contributed by atoms with Crippen LogP contribution in [0, 0.1) is 6.92 Å². The number of nitrogens with two attached hydrogens (primary N) is 1. The van der Waals surface area contributed by atoms with Crippen LogP contribution in [-0.4, -0.2) is 25.3 Å². The highest BCUT2D eigenvalue weighted by Crippen LogP contribution is 2.29. The van der Waals surface area contributed by atoms with Crippen molar-refractivity contribution >= 4 is 10.0 Å². The minimum Gasteiger partial charge on any atom is -0.326 e. The van der Waals surface area contributed by atoms with E-state index in [0.717, 1.165) is 36.8 Å². The van der Waals surface area contributed by atoms with Gasteiger partial charge in [0.25, 0.3) is 0 Å². The lowest BCUT2D eigenvalue weighted by atomic mass is 10.1. The minimum absolute atomic E-state index is 0.165. The number of benzene rings is 1. The van der Waals surface area contributed by atoms with Crippen LogP contribution >= 0.6 is 0 Å². The first-order chi connectivity index (χ1) is 9.50. The molecule has 1 aromatic carbocycles. The summed E-state index contributed by atoms with van der Waals surface area (Å²) in [6.07, 6.45) is 4.21. The van der Waals surface area contributed by atoms with E-state index in [1.165, 1.54) is 0 Å². The molecule has 1 aromatic rings. The predicted octanol–water partition coefficient (Wildman–Crippen LogP) is 2.41. The van der Waals surface area contributed by atoms with Gasteiger partial charge in [0.15, 0.2) is 0 Å². The molecule has 1 aliphatic carbocycles. The van der Waals surface area contributed by atoms with Crippen LogP contribution in [0.15, 0.2) is 23.1 Å². The molecule has 20 heavy (non-hydrogen) atoms. The molecule has 0 amide bonds. The van der Waals surface area contributed by atoms with Gasteiger partial charge in [-0.05, 0) is 37.0 Å². The third-order valence-corrected chi connectivity index (χ3v) is 6.29. The monoisotopic (exact) mass is 296 g/mol. The molecule has 0 atom stereocenters. The second kappa shape index (κ2) is 6.24. The Morgan fingerprint density at radius 2 is 1.95 bits per heavy atom. The van der Waals surface area contributed by atoms with E-state index in [9.17, 15) is 8.42 Å². The van der Waals surface area contributed by atoms with E-state index < -0.39 is 10.0 Å². The van der Waals surface area contributed by atoms with E-state index in [1.807, 2.05) is 26.0 Å². The van der Waals surface area contributed by atoms with Crippen LogP contribution in [0.25, 0.3) is 0 Å². The van der Waals surface area contributed by atoms with Gasteiger partial charge in [0.1, 0.15) is 0 Å². The van der Waals surface area contributed by atoms with Crippen molar-refractivity contribution in [1.29, 1.82) is 0 Å². The van der Waals surface area contributed by atoms with Crippen molar-refractivity contribution < 1.29 is 8.42 Å². The summed E-state index contributed by atoms with van der Waals surface area (Å²) in [5, 5.41) is 0. The first-order valence-corrected chi connectivity index (χ1v) is 8.76. The van der Waals surface area contributed by atoms with Crippen molar-refractivity contribution in [1.82, 2.24) is 4.31 Å². The Morgan fingerprint density at radius 1 is 1.30 bits per heavy atom. The average Bonchev–Trinajstić information content (AvgIpc) is 2.92. The van der Waals surface area contributed by atoms with E-state index >= 15 is 0 Å². The number of nitrogens with zero attached hydrogens (tertiary/aromatic N) is 1. The number of rotatable bonds is 5. The summed E-state index contributed by atoms with van der Waals surface area (Å²) in [6, 6.07) is 5.54. The van der Waals surface area contributed by atoms with Crippen molar-refractivity contribution in [3.05, 3.63) is 29.3 Å². The second-order valence-corrected chi connectivity index (χ2v) is 7.31. The Bertz CT molecular complexity index is 563. The Hall–Kier alpha value is -0.910. The fourth-order valence-corrected chi connectivity index (χ4v) is 4.97. The lowest BCUT2D eigenvalue weighted by molar-refractivity contribution is 0.335. The maximum atomic E-state index is 12.9. The molecule has 0 heterocycles. The highest BCUT2D eigenvalue weighted by molar-refractivity contribution is 7.89. The van der Waals surface area contributed by atoms with Crippen molar-refractivity contribution in [3.8, 4) is 0 Å². The molecule has 112 valence electrons. The molecule has 0 aromatic heterocycles. The fourth-order valence-electron chi connectivity index (χ4n) is 3.07. The molecule has 0 saturated heterocycles. The predicted molar refractivity (Wildman–Crippen MR) is 80.9 cm³/mol. The van der Waals surface area contributed by atoms with Crippen LogP contribution in [-0.2, 0) is 16.6 Å². The number of aryl methyl sites for hydroxylation is 1. The fraction of sp³-hybridized carbons (Fsp3) is 0.600. The van der Waals surface area contributed by atoms with Crippen LogP contribution in [0.1, 0.15) is 43.7 Å². The van der Waals surface area contributed by atoms with Gasteiger partial charge in [0, 0.05) is 19.1 Å². The Labute approximate surface area is 122 Å². The normalized spacial score (nSPS) is 17.0. The maximum Gasteiger partial charge on any atom is 0.243 e.